The lowest BCUT2D eigenvalue weighted by Crippen LogP contribution is -2.02. The van der Waals surface area contributed by atoms with E-state index in [0.29, 0.717) is 12.2 Å². The zero-order valence-corrected chi connectivity index (χ0v) is 7.54. The molecule has 1 rings (SSSR count). The molecule has 0 atom stereocenters. The largest absolute Gasteiger partial charge is 0.462 e. The number of nitrogens with zero attached hydrogens (tertiary/aromatic N) is 2. The first kappa shape index (κ1) is 8.26. The Kier molecular flexibility index (Phi) is 2.64. The van der Waals surface area contributed by atoms with Crippen LogP contribution in [0.2, 0.25) is 0 Å². The average molecular weight is 219 g/mol. The van der Waals surface area contributed by atoms with Crippen LogP contribution in [0.3, 0.4) is 0 Å². The third kappa shape index (κ3) is 2.04. The minimum Gasteiger partial charge on any atom is -0.462 e. The molecule has 0 bridgehead atoms. The molecule has 0 aliphatic heterocycles. The van der Waals surface area contributed by atoms with Crippen molar-refractivity contribution in [1.82, 2.24) is 8.81 Å². The third-order valence-corrected chi connectivity index (χ3v) is 1.45. The minimum absolute atomic E-state index is 0.349. The first-order valence-corrected chi connectivity index (χ1v) is 3.83. The molecule has 0 radical (unpaired) electrons. The molecule has 4 nitrogen and oxygen atoms in total. The molecular weight excluding hydrogens is 212 g/mol. The van der Waals surface area contributed by atoms with E-state index in [-0.39, 0.29) is 5.97 Å². The van der Waals surface area contributed by atoms with Crippen LogP contribution in [0.15, 0.2) is 12.4 Å². The Morgan fingerprint density at radius 3 is 3.09 bits per heavy atom. The van der Waals surface area contributed by atoms with Crippen LogP contribution < -0.4 is 0 Å². The molecule has 0 saturated heterocycles. The molecule has 0 amide bonds. The smallest absolute Gasteiger partial charge is 0.341 e. The van der Waals surface area contributed by atoms with E-state index < -0.39 is 0 Å². The van der Waals surface area contributed by atoms with E-state index in [1.807, 2.05) is 0 Å². The van der Waals surface area contributed by atoms with Crippen molar-refractivity contribution in [1.29, 1.82) is 0 Å². The number of ether oxygens (including phenoxy) is 1. The summed E-state index contributed by atoms with van der Waals surface area (Å²) in [4.78, 5) is 11.0. The first-order valence-electron chi connectivity index (χ1n) is 3.12. The highest BCUT2D eigenvalue weighted by atomic mass is 79.9. The normalized spacial score (nSPS) is 9.64. The van der Waals surface area contributed by atoms with E-state index in [1.54, 1.807) is 6.92 Å². The Morgan fingerprint density at radius 1 is 1.91 bits per heavy atom. The first-order chi connectivity index (χ1) is 5.24. The monoisotopic (exact) mass is 218 g/mol. The summed E-state index contributed by atoms with van der Waals surface area (Å²) in [7, 11) is 0. The number of aromatic nitrogens is 2. The van der Waals surface area contributed by atoms with Gasteiger partial charge in [-0.1, -0.05) is 0 Å². The van der Waals surface area contributed by atoms with E-state index >= 15 is 0 Å². The Balaban J connectivity index is 2.69. The van der Waals surface area contributed by atoms with Crippen LogP contribution in [0.1, 0.15) is 17.3 Å². The lowest BCUT2D eigenvalue weighted by Gasteiger charge is -1.95. The second-order valence-electron chi connectivity index (χ2n) is 1.84. The molecule has 60 valence electrons. The molecule has 0 spiro atoms. The number of rotatable bonds is 2. The molecule has 0 saturated carbocycles. The van der Waals surface area contributed by atoms with Crippen molar-refractivity contribution in [3.63, 3.8) is 0 Å². The molecule has 0 fully saturated rings. The summed E-state index contributed by atoms with van der Waals surface area (Å²) < 4.78 is 6.10. The van der Waals surface area contributed by atoms with Crippen LogP contribution in [0.4, 0.5) is 0 Å². The molecule has 1 heterocycles. The van der Waals surface area contributed by atoms with Gasteiger partial charge in [-0.3, -0.25) is 0 Å². The molecule has 0 aliphatic rings. The maximum Gasteiger partial charge on any atom is 0.341 e. The summed E-state index contributed by atoms with van der Waals surface area (Å²) in [5.74, 6) is -0.349. The summed E-state index contributed by atoms with van der Waals surface area (Å²) in [6, 6.07) is 0. The van der Waals surface area contributed by atoms with Crippen LogP contribution in [-0.4, -0.2) is 21.4 Å². The highest BCUT2D eigenvalue weighted by molar-refractivity contribution is 9.08. The molecule has 1 aromatic heterocycles. The van der Waals surface area contributed by atoms with Gasteiger partial charge in [0.1, 0.15) is 0 Å². The van der Waals surface area contributed by atoms with Gasteiger partial charge in [-0.2, -0.15) is 5.10 Å². The molecule has 1 aromatic rings. The number of halogens is 1. The van der Waals surface area contributed by atoms with Gasteiger partial charge in [0, 0.05) is 0 Å². The van der Waals surface area contributed by atoms with Crippen LogP contribution in [0.5, 0.6) is 0 Å². The predicted molar refractivity (Wildman–Crippen MR) is 42.5 cm³/mol. The van der Waals surface area contributed by atoms with Crippen molar-refractivity contribution in [2.24, 2.45) is 0 Å². The van der Waals surface area contributed by atoms with Gasteiger partial charge in [0.05, 0.1) is 40.7 Å². The van der Waals surface area contributed by atoms with Crippen LogP contribution in [-0.2, 0) is 4.74 Å². The molecule has 11 heavy (non-hydrogen) atoms. The second kappa shape index (κ2) is 3.52. The number of carbonyl (C=O) groups is 1. The van der Waals surface area contributed by atoms with Crippen molar-refractivity contribution in [2.75, 3.05) is 6.61 Å². The lowest BCUT2D eigenvalue weighted by atomic mass is 10.4. The van der Waals surface area contributed by atoms with Gasteiger partial charge >= 0.3 is 5.97 Å². The Bertz CT molecular complexity index is 259. The van der Waals surface area contributed by atoms with Crippen molar-refractivity contribution < 1.29 is 9.53 Å². The Hall–Kier alpha value is -0.840. The fraction of sp³-hybridized carbons (Fsp3) is 0.333. The van der Waals surface area contributed by atoms with Crippen molar-refractivity contribution in [2.45, 2.75) is 6.92 Å². The van der Waals surface area contributed by atoms with Gasteiger partial charge in [-0.05, 0) is 6.92 Å². The van der Waals surface area contributed by atoms with Gasteiger partial charge in [0.2, 0.25) is 0 Å². The molecule has 0 unspecified atom stereocenters. The van der Waals surface area contributed by atoms with E-state index in [9.17, 15) is 4.79 Å². The Labute approximate surface area is 72.5 Å². The van der Waals surface area contributed by atoms with E-state index in [2.05, 4.69) is 21.2 Å². The second-order valence-corrected chi connectivity index (χ2v) is 2.56. The zero-order valence-electron chi connectivity index (χ0n) is 5.95. The van der Waals surface area contributed by atoms with Crippen molar-refractivity contribution in [3.05, 3.63) is 18.0 Å². The molecular formula is C6H7BrN2O2. The van der Waals surface area contributed by atoms with Crippen molar-refractivity contribution in [3.8, 4) is 0 Å². The summed E-state index contributed by atoms with van der Waals surface area (Å²) in [6.45, 7) is 2.14. The molecule has 0 aliphatic carbocycles. The molecule has 0 N–H and O–H groups in total. The van der Waals surface area contributed by atoms with E-state index in [0.717, 1.165) is 0 Å². The molecule has 5 heteroatoms. The predicted octanol–water partition coefficient (Wildman–Crippen LogP) is 1.22. The van der Waals surface area contributed by atoms with Crippen LogP contribution >= 0.6 is 16.1 Å². The quantitative estimate of drug-likeness (QED) is 0.702. The topological polar surface area (TPSA) is 44.1 Å². The van der Waals surface area contributed by atoms with E-state index in [1.165, 1.54) is 16.1 Å². The Morgan fingerprint density at radius 2 is 2.64 bits per heavy atom. The molecule has 0 aromatic carbocycles. The standard InChI is InChI=1S/C6H7BrN2O2/c1-2-11-6(10)5-3-8-9(7)4-5/h3-4H,2H2,1H3. The third-order valence-electron chi connectivity index (χ3n) is 1.06. The number of esters is 1. The van der Waals surface area contributed by atoms with Gasteiger partial charge < -0.3 is 4.74 Å². The highest BCUT2D eigenvalue weighted by Gasteiger charge is 2.07. The maximum atomic E-state index is 11.0. The van der Waals surface area contributed by atoms with Gasteiger partial charge in [-0.15, -0.1) is 0 Å². The number of hydrogen-bond acceptors (Lipinski definition) is 3. The highest BCUT2D eigenvalue weighted by Crippen LogP contribution is 2.01. The van der Waals surface area contributed by atoms with Gasteiger partial charge in [0.25, 0.3) is 0 Å². The maximum absolute atomic E-state index is 11.0. The fourth-order valence-corrected chi connectivity index (χ4v) is 0.931. The summed E-state index contributed by atoms with van der Waals surface area (Å²) in [5, 5.41) is 3.75. The number of hydrogen-bond donors (Lipinski definition) is 0. The SMILES string of the molecule is CCOC(=O)c1cnn(Br)c1. The minimum atomic E-state index is -0.349. The zero-order chi connectivity index (χ0) is 8.27. The number of carbonyl (C=O) groups excluding carboxylic acids is 1. The lowest BCUT2D eigenvalue weighted by molar-refractivity contribution is 0.0526. The fourth-order valence-electron chi connectivity index (χ4n) is 0.619. The van der Waals surface area contributed by atoms with Crippen LogP contribution in [0.25, 0.3) is 0 Å². The summed E-state index contributed by atoms with van der Waals surface area (Å²) in [5.41, 5.74) is 0.448. The summed E-state index contributed by atoms with van der Waals surface area (Å²) in [6.07, 6.45) is 2.98. The van der Waals surface area contributed by atoms with Gasteiger partial charge in [0.15, 0.2) is 0 Å². The van der Waals surface area contributed by atoms with Crippen LogP contribution in [0, 0.1) is 0 Å². The summed E-state index contributed by atoms with van der Waals surface area (Å²) >= 11 is 3.05. The van der Waals surface area contributed by atoms with Crippen molar-refractivity contribution >= 4 is 22.1 Å². The van der Waals surface area contributed by atoms with Gasteiger partial charge in [-0.25, -0.2) is 8.50 Å². The average Bonchev–Trinajstić information content (AvgIpc) is 2.36. The van der Waals surface area contributed by atoms with E-state index in [4.69, 9.17) is 4.74 Å².